The number of H-pyrrole nitrogens is 1. The lowest BCUT2D eigenvalue weighted by atomic mass is 9.70. The maximum absolute atomic E-state index is 13.6. The summed E-state index contributed by atoms with van der Waals surface area (Å²) in [4.78, 5) is 91.1. The van der Waals surface area contributed by atoms with E-state index in [4.69, 9.17) is 10.6 Å². The zero-order valence-corrected chi connectivity index (χ0v) is 32.7. The van der Waals surface area contributed by atoms with Crippen LogP contribution in [0.25, 0.3) is 10.9 Å². The summed E-state index contributed by atoms with van der Waals surface area (Å²) in [5.41, 5.74) is 3.42. The SMILES string of the molecule is C[C@@H]1S[C@@H]2[C@H](NC(=O)/C(=N\OC(C)(C)C(=O)O)c3csc(N)n3)C(=O)N2C(C(=O)O)=C1C[N+]12CCC(CNC(=O)c3c[nH]c4cc(O)c(O)cc4c3=O)(CC1)CC2. The Hall–Kier alpha value is -5.67. The molecule has 4 fully saturated rings. The van der Waals surface area contributed by atoms with E-state index < -0.39 is 69.3 Å². The third kappa shape index (κ3) is 7.14. The number of phenols is 2. The number of hydrogen-bond donors (Lipinski definition) is 8. The van der Waals surface area contributed by atoms with Crippen molar-refractivity contribution in [1.29, 1.82) is 0 Å². The molecule has 0 unspecified atom stereocenters. The normalized spacial score (nSPS) is 25.8. The van der Waals surface area contributed by atoms with Crippen LogP contribution in [-0.4, -0.2) is 130 Å². The Morgan fingerprint density at radius 2 is 1.79 bits per heavy atom. The van der Waals surface area contributed by atoms with Gasteiger partial charge in [-0.15, -0.1) is 23.1 Å². The molecular weight excluding hydrogens is 785 g/mol. The molecule has 0 spiro atoms. The number of fused-ring (bicyclic) bond motifs is 5. The van der Waals surface area contributed by atoms with E-state index >= 15 is 0 Å². The highest BCUT2D eigenvalue weighted by Gasteiger charge is 2.58. The van der Waals surface area contributed by atoms with Gasteiger partial charge in [0.1, 0.15) is 34.9 Å². The highest BCUT2D eigenvalue weighted by molar-refractivity contribution is 8.00. The molecule has 9 N–H and O–H groups in total. The van der Waals surface area contributed by atoms with Crippen molar-refractivity contribution in [3.8, 4) is 11.5 Å². The predicted molar refractivity (Wildman–Crippen MR) is 206 cm³/mol. The molecule has 2 bridgehead atoms. The summed E-state index contributed by atoms with van der Waals surface area (Å²) in [6.07, 6.45) is 3.51. The molecule has 2 aromatic heterocycles. The van der Waals surface area contributed by atoms with Crippen molar-refractivity contribution in [1.82, 2.24) is 25.5 Å². The third-order valence-corrected chi connectivity index (χ3v) is 13.6. The van der Waals surface area contributed by atoms with E-state index in [1.165, 1.54) is 48.2 Å². The molecule has 3 atom stereocenters. The number of rotatable bonds is 12. The van der Waals surface area contributed by atoms with E-state index in [0.29, 0.717) is 42.8 Å². The van der Waals surface area contributed by atoms with E-state index in [-0.39, 0.29) is 43.7 Å². The number of carboxylic acid groups (broad SMARTS) is 2. The number of phenolic OH excluding ortho intramolecular Hbond substituents is 2. The number of thiazole rings is 1. The number of aromatic amines is 1. The molecule has 8 rings (SSSR count). The highest BCUT2D eigenvalue weighted by atomic mass is 32.2. The number of nitrogens with zero attached hydrogens (tertiary/aromatic N) is 4. The fraction of sp³-hybridized carbons (Fsp3) is 0.444. The molecule has 0 saturated carbocycles. The Morgan fingerprint density at radius 1 is 1.12 bits per heavy atom. The first kappa shape index (κ1) is 39.6. The van der Waals surface area contributed by atoms with Gasteiger partial charge >= 0.3 is 11.9 Å². The summed E-state index contributed by atoms with van der Waals surface area (Å²) in [7, 11) is 0. The number of carbonyl (C=O) groups excluding carboxylic acids is 3. The van der Waals surface area contributed by atoms with Gasteiger partial charge in [0.2, 0.25) is 11.0 Å². The molecule has 5 aliphatic heterocycles. The zero-order chi connectivity index (χ0) is 41.2. The molecular formula is C36H41N8O11S2+. The molecule has 19 nitrogen and oxygen atoms in total. The number of nitrogen functional groups attached to an aromatic ring is 1. The number of aromatic nitrogens is 2. The number of carbonyl (C=O) groups is 5. The van der Waals surface area contributed by atoms with Gasteiger partial charge in [0.05, 0.1) is 30.5 Å². The summed E-state index contributed by atoms with van der Waals surface area (Å²) >= 11 is 2.36. The summed E-state index contributed by atoms with van der Waals surface area (Å²) in [6, 6.07) is 1.20. The van der Waals surface area contributed by atoms with Crippen LogP contribution in [0.1, 0.15) is 56.1 Å². The second-order valence-electron chi connectivity index (χ2n) is 15.4. The minimum atomic E-state index is -1.80. The number of quaternary nitrogens is 1. The van der Waals surface area contributed by atoms with Crippen LogP contribution < -0.4 is 21.8 Å². The molecule has 3 amide bonds. The smallest absolute Gasteiger partial charge is 0.352 e. The van der Waals surface area contributed by atoms with Gasteiger partial charge in [0.15, 0.2) is 22.3 Å². The Bertz CT molecular complexity index is 2330. The summed E-state index contributed by atoms with van der Waals surface area (Å²) in [6.45, 7) is 7.23. The fourth-order valence-corrected chi connectivity index (χ4v) is 9.83. The Kier molecular flexibility index (Phi) is 9.97. The molecule has 3 aromatic rings. The molecule has 0 aliphatic carbocycles. The first-order chi connectivity index (χ1) is 26.8. The highest BCUT2D eigenvalue weighted by Crippen LogP contribution is 2.48. The number of thioether (sulfide) groups is 1. The molecule has 0 radical (unpaired) electrons. The number of oxime groups is 1. The minimum absolute atomic E-state index is 0.00547. The van der Waals surface area contributed by atoms with Gasteiger partial charge in [0, 0.05) is 59.7 Å². The van der Waals surface area contributed by atoms with Crippen molar-refractivity contribution >= 4 is 74.5 Å². The van der Waals surface area contributed by atoms with Crippen LogP contribution in [0.15, 0.2) is 44.9 Å². The monoisotopic (exact) mass is 825 g/mol. The van der Waals surface area contributed by atoms with Gasteiger partial charge in [-0.2, -0.15) is 0 Å². The van der Waals surface area contributed by atoms with E-state index in [1.54, 1.807) is 0 Å². The number of aliphatic carboxylic acids is 2. The topological polar surface area (TPSA) is 287 Å². The van der Waals surface area contributed by atoms with Gasteiger partial charge in [-0.1, -0.05) is 5.16 Å². The first-order valence-corrected chi connectivity index (χ1v) is 19.8. The number of benzene rings is 1. The number of nitrogens with one attached hydrogen (secondary N) is 3. The molecule has 5 aliphatic rings. The third-order valence-electron chi connectivity index (χ3n) is 11.5. The molecule has 302 valence electrons. The van der Waals surface area contributed by atoms with Crippen LogP contribution >= 0.6 is 23.1 Å². The summed E-state index contributed by atoms with van der Waals surface area (Å²) in [5.74, 6) is -5.53. The quantitative estimate of drug-likeness (QED) is 0.0418. The predicted octanol–water partition coefficient (Wildman–Crippen LogP) is 1.12. The molecule has 57 heavy (non-hydrogen) atoms. The summed E-state index contributed by atoms with van der Waals surface area (Å²) in [5, 5.41) is 49.4. The number of carboxylic acids is 2. The first-order valence-electron chi connectivity index (χ1n) is 18.0. The zero-order valence-electron chi connectivity index (χ0n) is 31.0. The van der Waals surface area contributed by atoms with E-state index in [9.17, 15) is 49.2 Å². The Morgan fingerprint density at radius 3 is 2.40 bits per heavy atom. The van der Waals surface area contributed by atoms with Crippen molar-refractivity contribution in [2.75, 3.05) is 38.5 Å². The average molecular weight is 826 g/mol. The van der Waals surface area contributed by atoms with Crippen molar-refractivity contribution in [3.63, 3.8) is 0 Å². The second kappa shape index (κ2) is 14.4. The van der Waals surface area contributed by atoms with Crippen LogP contribution in [0.5, 0.6) is 11.5 Å². The van der Waals surface area contributed by atoms with Crippen LogP contribution in [0.4, 0.5) is 5.13 Å². The van der Waals surface area contributed by atoms with Crippen LogP contribution in [0.2, 0.25) is 0 Å². The van der Waals surface area contributed by atoms with Gasteiger partial charge in [-0.3, -0.25) is 24.1 Å². The van der Waals surface area contributed by atoms with Gasteiger partial charge in [0.25, 0.3) is 17.7 Å². The number of pyridine rings is 1. The Balaban J connectivity index is 1.02. The number of amides is 3. The molecule has 7 heterocycles. The maximum Gasteiger partial charge on any atom is 0.352 e. The van der Waals surface area contributed by atoms with Crippen LogP contribution in [0.3, 0.4) is 0 Å². The van der Waals surface area contributed by atoms with Crippen molar-refractivity contribution in [2.45, 2.75) is 62.3 Å². The van der Waals surface area contributed by atoms with Gasteiger partial charge < -0.3 is 51.1 Å². The van der Waals surface area contributed by atoms with Crippen molar-refractivity contribution < 1.29 is 53.7 Å². The number of piperidine rings is 3. The maximum atomic E-state index is 13.6. The van der Waals surface area contributed by atoms with E-state index in [2.05, 4.69) is 25.8 Å². The fourth-order valence-electron chi connectivity index (χ4n) is 7.84. The Labute approximate surface area is 332 Å². The molecule has 1 aromatic carbocycles. The van der Waals surface area contributed by atoms with E-state index in [1.807, 2.05) is 6.92 Å². The number of aromatic hydroxyl groups is 2. The van der Waals surface area contributed by atoms with Gasteiger partial charge in [-0.05, 0) is 26.8 Å². The van der Waals surface area contributed by atoms with Gasteiger partial charge in [-0.25, -0.2) is 14.6 Å². The van der Waals surface area contributed by atoms with Crippen LogP contribution in [-0.2, 0) is 24.0 Å². The number of nitrogens with two attached hydrogens (primary N) is 1. The molecule has 4 saturated heterocycles. The average Bonchev–Trinajstić information content (AvgIpc) is 3.60. The number of β-lactam (4-membered cyclic amide) rings is 1. The minimum Gasteiger partial charge on any atom is -0.504 e. The molecule has 21 heteroatoms. The lowest BCUT2D eigenvalue weighted by Gasteiger charge is -2.56. The lowest BCUT2D eigenvalue weighted by molar-refractivity contribution is -0.941. The standard InChI is InChI=1S/C36H40N8O11S2/c1-16-19(13-44-7-4-36(5-8-44,6-9-44)15-39-28(48)18-12-38-20-11-23(46)22(45)10-17(20)27(18)47)26(32(51)52)43-30(50)25(31(43)57-16)41-29(49)24(21-14-56-34(37)40-21)42-55-35(2,3)33(53)54/h10-12,14,16,25,31H,4-9,13,15H2,1-3H3,(H8-,37,38,39,40,41,42,45,46,47,48,49,51,52,53,54)/p+1/t16-,25+,31+,36?,44?/m0/s1. The second-order valence-corrected chi connectivity index (χ2v) is 17.8. The number of anilines is 1. The van der Waals surface area contributed by atoms with Crippen molar-refractivity contribution in [2.24, 2.45) is 10.6 Å². The summed E-state index contributed by atoms with van der Waals surface area (Å²) < 4.78 is 0.615. The lowest BCUT2D eigenvalue weighted by Crippen LogP contribution is -2.72. The van der Waals surface area contributed by atoms with E-state index in [0.717, 1.165) is 36.7 Å². The largest absolute Gasteiger partial charge is 0.504 e. The number of hydrogen-bond acceptors (Lipinski definition) is 14. The van der Waals surface area contributed by atoms with Crippen molar-refractivity contribution in [3.05, 3.63) is 56.5 Å². The van der Waals surface area contributed by atoms with Crippen LogP contribution in [0, 0.1) is 5.41 Å².